The molecule has 0 aliphatic carbocycles. The Labute approximate surface area is 130 Å². The van der Waals surface area contributed by atoms with E-state index in [1.54, 1.807) is 11.9 Å². The summed E-state index contributed by atoms with van der Waals surface area (Å²) in [7, 11) is 1.62. The lowest BCUT2D eigenvalue weighted by Gasteiger charge is -2.35. The first-order valence-corrected chi connectivity index (χ1v) is 6.68. The first-order valence-electron chi connectivity index (χ1n) is 6.30. The Bertz CT molecular complexity index is 648. The smallest absolute Gasteiger partial charge is 0.224 e. The SMILES string of the molecule is C=C(F)/C=C(\C(F)=C/CF)C1COc2cnc(Cl)nc2N1C. The number of anilines is 1. The number of aromatic nitrogens is 2. The average molecular weight is 332 g/mol. The van der Waals surface area contributed by atoms with Crippen molar-refractivity contribution in [1.82, 2.24) is 9.97 Å². The summed E-state index contributed by atoms with van der Waals surface area (Å²) in [5, 5.41) is -0.00458. The van der Waals surface area contributed by atoms with E-state index in [1.165, 1.54) is 6.20 Å². The van der Waals surface area contributed by atoms with Crippen LogP contribution in [0.25, 0.3) is 0 Å². The number of hydrogen-bond donors (Lipinski definition) is 0. The highest BCUT2D eigenvalue weighted by molar-refractivity contribution is 6.28. The van der Waals surface area contributed by atoms with Crippen LogP contribution in [-0.4, -0.2) is 36.3 Å². The van der Waals surface area contributed by atoms with Crippen LogP contribution in [0.5, 0.6) is 5.75 Å². The van der Waals surface area contributed by atoms with Gasteiger partial charge in [0.05, 0.1) is 12.2 Å². The molecule has 0 spiro atoms. The van der Waals surface area contributed by atoms with Gasteiger partial charge in [-0.1, -0.05) is 6.58 Å². The van der Waals surface area contributed by atoms with Gasteiger partial charge in [0.2, 0.25) is 5.28 Å². The molecule has 0 fully saturated rings. The summed E-state index contributed by atoms with van der Waals surface area (Å²) in [6, 6.07) is -0.714. The number of fused-ring (bicyclic) bond motifs is 1. The molecular formula is C14H13ClF3N3O. The van der Waals surface area contributed by atoms with E-state index < -0.39 is 24.4 Å². The van der Waals surface area contributed by atoms with Gasteiger partial charge in [0, 0.05) is 12.6 Å². The van der Waals surface area contributed by atoms with Gasteiger partial charge in [-0.15, -0.1) is 0 Å². The zero-order valence-corrected chi connectivity index (χ0v) is 12.4. The van der Waals surface area contributed by atoms with Crippen molar-refractivity contribution in [2.45, 2.75) is 6.04 Å². The average Bonchev–Trinajstić information content (AvgIpc) is 2.46. The van der Waals surface area contributed by atoms with Crippen molar-refractivity contribution in [3.05, 3.63) is 47.4 Å². The number of ether oxygens (including phenoxy) is 1. The molecule has 1 atom stereocenters. The zero-order valence-electron chi connectivity index (χ0n) is 11.7. The highest BCUT2D eigenvalue weighted by Crippen LogP contribution is 2.35. The molecule has 1 aromatic rings. The topological polar surface area (TPSA) is 38.3 Å². The molecule has 2 rings (SSSR count). The molecule has 8 heteroatoms. The molecule has 22 heavy (non-hydrogen) atoms. The molecular weight excluding hydrogens is 319 g/mol. The molecule has 0 radical (unpaired) electrons. The number of nitrogens with zero attached hydrogens (tertiary/aromatic N) is 3. The lowest BCUT2D eigenvalue weighted by molar-refractivity contribution is 0.276. The van der Waals surface area contributed by atoms with Crippen LogP contribution >= 0.6 is 11.6 Å². The summed E-state index contributed by atoms with van der Waals surface area (Å²) in [6.45, 7) is 2.08. The first kappa shape index (κ1) is 16.4. The van der Waals surface area contributed by atoms with E-state index in [2.05, 4.69) is 16.5 Å². The van der Waals surface area contributed by atoms with Crippen molar-refractivity contribution in [3.8, 4) is 5.75 Å². The van der Waals surface area contributed by atoms with Gasteiger partial charge in [-0.05, 0) is 23.8 Å². The van der Waals surface area contributed by atoms with E-state index >= 15 is 0 Å². The number of rotatable bonds is 4. The van der Waals surface area contributed by atoms with Crippen molar-refractivity contribution in [3.63, 3.8) is 0 Å². The molecule has 0 amide bonds. The molecule has 4 nitrogen and oxygen atoms in total. The second kappa shape index (κ2) is 6.83. The summed E-state index contributed by atoms with van der Waals surface area (Å²) in [6.07, 6.45) is 3.01. The molecule has 0 aromatic carbocycles. The van der Waals surface area contributed by atoms with E-state index in [9.17, 15) is 13.2 Å². The van der Waals surface area contributed by atoms with Gasteiger partial charge in [0.1, 0.15) is 24.9 Å². The van der Waals surface area contributed by atoms with Crippen molar-refractivity contribution < 1.29 is 17.9 Å². The van der Waals surface area contributed by atoms with Crippen molar-refractivity contribution in [2.24, 2.45) is 0 Å². The summed E-state index contributed by atoms with van der Waals surface area (Å²) in [5.74, 6) is -1.03. The van der Waals surface area contributed by atoms with Gasteiger partial charge in [-0.25, -0.2) is 18.2 Å². The van der Waals surface area contributed by atoms with Crippen molar-refractivity contribution in [2.75, 3.05) is 25.2 Å². The molecule has 0 saturated heterocycles. The van der Waals surface area contributed by atoms with Crippen LogP contribution in [0.4, 0.5) is 19.0 Å². The van der Waals surface area contributed by atoms with E-state index in [0.717, 1.165) is 6.08 Å². The van der Waals surface area contributed by atoms with E-state index in [1.807, 2.05) is 0 Å². The minimum Gasteiger partial charge on any atom is -0.486 e. The molecule has 1 aliphatic heterocycles. The first-order chi connectivity index (χ1) is 10.4. The third-order valence-corrected chi connectivity index (χ3v) is 3.29. The van der Waals surface area contributed by atoms with Gasteiger partial charge in [0.15, 0.2) is 11.6 Å². The van der Waals surface area contributed by atoms with E-state index in [4.69, 9.17) is 16.3 Å². The predicted molar refractivity (Wildman–Crippen MR) is 78.2 cm³/mol. The fourth-order valence-electron chi connectivity index (χ4n) is 2.10. The Morgan fingerprint density at radius 3 is 2.95 bits per heavy atom. The molecule has 0 N–H and O–H groups in total. The maximum atomic E-state index is 14.0. The Hall–Kier alpha value is -2.02. The Kier molecular flexibility index (Phi) is 5.07. The molecule has 118 valence electrons. The number of allylic oxidation sites excluding steroid dienone is 3. The fourth-order valence-corrected chi connectivity index (χ4v) is 2.23. The Morgan fingerprint density at radius 1 is 1.59 bits per heavy atom. The predicted octanol–water partition coefficient (Wildman–Crippen LogP) is 3.56. The van der Waals surface area contributed by atoms with Gasteiger partial charge >= 0.3 is 0 Å². The van der Waals surface area contributed by atoms with E-state index in [-0.39, 0.29) is 17.5 Å². The summed E-state index contributed by atoms with van der Waals surface area (Å²) >= 11 is 5.74. The quantitative estimate of drug-likeness (QED) is 0.624. The lowest BCUT2D eigenvalue weighted by atomic mass is 10.0. The molecule has 1 aliphatic rings. The summed E-state index contributed by atoms with van der Waals surface area (Å²) in [4.78, 5) is 9.36. The van der Waals surface area contributed by atoms with Crippen LogP contribution in [0, 0.1) is 0 Å². The van der Waals surface area contributed by atoms with Crippen molar-refractivity contribution in [1.29, 1.82) is 0 Å². The van der Waals surface area contributed by atoms with Crippen LogP contribution in [0.2, 0.25) is 5.28 Å². The fraction of sp³-hybridized carbons (Fsp3) is 0.286. The van der Waals surface area contributed by atoms with Crippen LogP contribution < -0.4 is 9.64 Å². The monoisotopic (exact) mass is 331 g/mol. The summed E-state index contributed by atoms with van der Waals surface area (Å²) < 4.78 is 45.0. The van der Waals surface area contributed by atoms with Crippen LogP contribution in [0.3, 0.4) is 0 Å². The standard InChI is InChI=1S/C14H13ClF3N3O/c1-8(17)5-9(10(18)3-4-16)11-7-22-12-6-19-14(15)20-13(12)21(11)2/h3,5-6,11H,1,4,7H2,2H3/b9-5+,10-3+. The highest BCUT2D eigenvalue weighted by Gasteiger charge is 2.31. The zero-order chi connectivity index (χ0) is 16.3. The second-order valence-electron chi connectivity index (χ2n) is 4.52. The molecule has 2 heterocycles. The maximum absolute atomic E-state index is 14.0. The number of alkyl halides is 1. The van der Waals surface area contributed by atoms with Crippen LogP contribution in [0.15, 0.2) is 42.2 Å². The minimum absolute atomic E-state index is 0.00458. The normalized spacial score (nSPS) is 18.8. The minimum atomic E-state index is -1.01. The van der Waals surface area contributed by atoms with Gasteiger partial charge < -0.3 is 9.64 Å². The van der Waals surface area contributed by atoms with Crippen molar-refractivity contribution >= 4 is 17.4 Å². The van der Waals surface area contributed by atoms with E-state index in [0.29, 0.717) is 17.6 Å². The van der Waals surface area contributed by atoms with Gasteiger partial charge in [0.25, 0.3) is 0 Å². The number of halogens is 4. The van der Waals surface area contributed by atoms with Crippen LogP contribution in [-0.2, 0) is 0 Å². The summed E-state index contributed by atoms with van der Waals surface area (Å²) in [5.41, 5.74) is -0.0898. The molecule has 0 saturated carbocycles. The van der Waals surface area contributed by atoms with Crippen LogP contribution in [0.1, 0.15) is 0 Å². The largest absolute Gasteiger partial charge is 0.486 e. The lowest BCUT2D eigenvalue weighted by Crippen LogP contribution is -2.42. The third-order valence-electron chi connectivity index (χ3n) is 3.11. The Balaban J connectivity index is 2.42. The molecule has 1 aromatic heterocycles. The number of hydrogen-bond acceptors (Lipinski definition) is 4. The van der Waals surface area contributed by atoms with Gasteiger partial charge in [-0.3, -0.25) is 0 Å². The third kappa shape index (κ3) is 3.41. The Morgan fingerprint density at radius 2 is 2.32 bits per heavy atom. The molecule has 0 bridgehead atoms. The number of likely N-dealkylation sites (N-methyl/N-ethyl adjacent to an activating group) is 1. The molecule has 1 unspecified atom stereocenters. The maximum Gasteiger partial charge on any atom is 0.224 e. The highest BCUT2D eigenvalue weighted by atomic mass is 35.5. The second-order valence-corrected chi connectivity index (χ2v) is 4.86. The van der Waals surface area contributed by atoms with Gasteiger partial charge in [-0.2, -0.15) is 4.98 Å².